The molecular weight excluding hydrogens is 206 g/mol. The molecule has 0 saturated heterocycles. The number of hydrogen-bond donors (Lipinski definition) is 0. The lowest BCUT2D eigenvalue weighted by Gasteiger charge is -2.25. The summed E-state index contributed by atoms with van der Waals surface area (Å²) < 4.78 is 0. The third-order valence-corrected chi connectivity index (χ3v) is 2.37. The van der Waals surface area contributed by atoms with E-state index >= 15 is 0 Å². The molecule has 0 aromatic heterocycles. The molecule has 88 valence electrons. The Balaban J connectivity index is 3.16. The van der Waals surface area contributed by atoms with E-state index in [-0.39, 0.29) is 0 Å². The molecule has 0 amide bonds. The molecular formula is C16H19N. The highest BCUT2D eigenvalue weighted by Crippen LogP contribution is 2.23. The molecule has 1 aromatic rings. The Morgan fingerprint density at radius 2 is 1.88 bits per heavy atom. The zero-order valence-corrected chi connectivity index (χ0v) is 10.6. The average molecular weight is 225 g/mol. The smallest absolute Gasteiger partial charge is 0.0457 e. The maximum atomic E-state index is 4.09. The van der Waals surface area contributed by atoms with Crippen LogP contribution in [0.1, 0.15) is 13.8 Å². The van der Waals surface area contributed by atoms with Gasteiger partial charge in [0.15, 0.2) is 0 Å². The SMILES string of the molecule is C=C/C=C(\C)N(C(=C)/C=C\C)c1ccccc1. The minimum Gasteiger partial charge on any atom is -0.315 e. The fourth-order valence-corrected chi connectivity index (χ4v) is 1.69. The second-order valence-corrected chi connectivity index (χ2v) is 3.71. The van der Waals surface area contributed by atoms with Gasteiger partial charge < -0.3 is 4.90 Å². The predicted octanol–water partition coefficient (Wildman–Crippen LogP) is 4.67. The van der Waals surface area contributed by atoms with Crippen molar-refractivity contribution in [2.24, 2.45) is 0 Å². The Morgan fingerprint density at radius 1 is 1.24 bits per heavy atom. The van der Waals surface area contributed by atoms with Crippen LogP contribution in [0.15, 0.2) is 79.2 Å². The van der Waals surface area contributed by atoms with Crippen LogP contribution in [0.2, 0.25) is 0 Å². The topological polar surface area (TPSA) is 3.24 Å². The first kappa shape index (κ1) is 13.0. The van der Waals surface area contributed by atoms with E-state index in [0.29, 0.717) is 0 Å². The quantitative estimate of drug-likeness (QED) is 0.658. The molecule has 1 rings (SSSR count). The van der Waals surface area contributed by atoms with E-state index in [9.17, 15) is 0 Å². The van der Waals surface area contributed by atoms with Gasteiger partial charge in [0.05, 0.1) is 0 Å². The molecule has 1 aromatic carbocycles. The van der Waals surface area contributed by atoms with Gasteiger partial charge >= 0.3 is 0 Å². The Labute approximate surface area is 104 Å². The van der Waals surface area contributed by atoms with E-state index in [0.717, 1.165) is 17.1 Å². The molecule has 0 atom stereocenters. The first-order valence-electron chi connectivity index (χ1n) is 5.66. The van der Waals surface area contributed by atoms with E-state index < -0.39 is 0 Å². The van der Waals surface area contributed by atoms with Crippen molar-refractivity contribution in [2.75, 3.05) is 4.90 Å². The van der Waals surface area contributed by atoms with Crippen LogP contribution in [-0.4, -0.2) is 0 Å². The van der Waals surface area contributed by atoms with Crippen LogP contribution in [0.4, 0.5) is 5.69 Å². The standard InChI is InChI=1S/C16H19N/c1-5-10-14(3)17(15(4)11-6-2)16-12-8-7-9-13-16/h5-13H,1,4H2,2-3H3/b11-6-,14-10+. The molecule has 0 radical (unpaired) electrons. The lowest BCUT2D eigenvalue weighted by atomic mass is 10.2. The average Bonchev–Trinajstić information content (AvgIpc) is 2.31. The molecule has 0 heterocycles. The third kappa shape index (κ3) is 3.49. The van der Waals surface area contributed by atoms with Crippen molar-refractivity contribution in [3.8, 4) is 0 Å². The van der Waals surface area contributed by atoms with Gasteiger partial charge in [-0.05, 0) is 38.1 Å². The van der Waals surface area contributed by atoms with Gasteiger partial charge in [-0.2, -0.15) is 0 Å². The van der Waals surface area contributed by atoms with E-state index in [4.69, 9.17) is 0 Å². The van der Waals surface area contributed by atoms with Crippen LogP contribution in [0.5, 0.6) is 0 Å². The summed E-state index contributed by atoms with van der Waals surface area (Å²) >= 11 is 0. The zero-order valence-electron chi connectivity index (χ0n) is 10.6. The van der Waals surface area contributed by atoms with Crippen LogP contribution in [0.3, 0.4) is 0 Å². The monoisotopic (exact) mass is 225 g/mol. The Bertz CT molecular complexity index is 438. The maximum Gasteiger partial charge on any atom is 0.0457 e. The number of rotatable bonds is 5. The van der Waals surface area contributed by atoms with Crippen LogP contribution in [0.25, 0.3) is 0 Å². The van der Waals surface area contributed by atoms with Gasteiger partial charge in [-0.1, -0.05) is 43.5 Å². The fourth-order valence-electron chi connectivity index (χ4n) is 1.69. The summed E-state index contributed by atoms with van der Waals surface area (Å²) in [6.45, 7) is 11.9. The van der Waals surface area contributed by atoms with Crippen molar-refractivity contribution in [1.29, 1.82) is 0 Å². The molecule has 0 fully saturated rings. The summed E-state index contributed by atoms with van der Waals surface area (Å²) in [7, 11) is 0. The molecule has 1 heteroatoms. The van der Waals surface area contributed by atoms with Gasteiger partial charge in [0, 0.05) is 17.1 Å². The van der Waals surface area contributed by atoms with E-state index in [1.165, 1.54) is 0 Å². The van der Waals surface area contributed by atoms with Crippen LogP contribution in [0, 0.1) is 0 Å². The molecule has 0 aliphatic carbocycles. The van der Waals surface area contributed by atoms with Crippen molar-refractivity contribution >= 4 is 5.69 Å². The Morgan fingerprint density at radius 3 is 2.41 bits per heavy atom. The lowest BCUT2D eigenvalue weighted by molar-refractivity contribution is 1.10. The molecule has 0 aliphatic rings. The summed E-state index contributed by atoms with van der Waals surface area (Å²) in [4.78, 5) is 2.10. The second kappa shape index (κ2) is 6.54. The minimum absolute atomic E-state index is 0.939. The van der Waals surface area contributed by atoms with Crippen molar-refractivity contribution in [3.63, 3.8) is 0 Å². The largest absolute Gasteiger partial charge is 0.315 e. The predicted molar refractivity (Wildman–Crippen MR) is 76.8 cm³/mol. The second-order valence-electron chi connectivity index (χ2n) is 3.71. The highest BCUT2D eigenvalue weighted by atomic mass is 15.1. The van der Waals surface area contributed by atoms with Crippen LogP contribution in [-0.2, 0) is 0 Å². The minimum atomic E-state index is 0.939. The van der Waals surface area contributed by atoms with Gasteiger partial charge in [-0.15, -0.1) is 0 Å². The summed E-state index contributed by atoms with van der Waals surface area (Å²) in [6.07, 6.45) is 7.74. The van der Waals surface area contributed by atoms with Gasteiger partial charge in [0.25, 0.3) is 0 Å². The molecule has 0 saturated carbocycles. The molecule has 17 heavy (non-hydrogen) atoms. The van der Waals surface area contributed by atoms with Crippen molar-refractivity contribution in [2.45, 2.75) is 13.8 Å². The summed E-state index contributed by atoms with van der Waals surface area (Å²) in [5, 5.41) is 0. The van der Waals surface area contributed by atoms with E-state index in [1.54, 1.807) is 6.08 Å². The fraction of sp³-hybridized carbons (Fsp3) is 0.125. The maximum absolute atomic E-state index is 4.09. The third-order valence-electron chi connectivity index (χ3n) is 2.37. The van der Waals surface area contributed by atoms with Crippen LogP contribution >= 0.6 is 0 Å². The molecule has 0 unspecified atom stereocenters. The summed E-state index contributed by atoms with van der Waals surface area (Å²) in [5.41, 5.74) is 3.13. The number of allylic oxidation sites excluding steroid dienone is 5. The Kier molecular flexibility index (Phi) is 5.02. The number of hydrogen-bond acceptors (Lipinski definition) is 1. The van der Waals surface area contributed by atoms with Gasteiger partial charge in [-0.25, -0.2) is 0 Å². The molecule has 1 nitrogen and oxygen atoms in total. The molecule has 0 spiro atoms. The number of para-hydroxylation sites is 1. The Hall–Kier alpha value is -2.02. The van der Waals surface area contributed by atoms with Crippen molar-refractivity contribution in [1.82, 2.24) is 0 Å². The van der Waals surface area contributed by atoms with Gasteiger partial charge in [0.2, 0.25) is 0 Å². The van der Waals surface area contributed by atoms with Gasteiger partial charge in [0.1, 0.15) is 0 Å². The van der Waals surface area contributed by atoms with E-state index in [1.807, 2.05) is 50.3 Å². The van der Waals surface area contributed by atoms with Gasteiger partial charge in [-0.3, -0.25) is 0 Å². The molecule has 0 N–H and O–H groups in total. The first-order valence-corrected chi connectivity index (χ1v) is 5.66. The summed E-state index contributed by atoms with van der Waals surface area (Å²) in [5.74, 6) is 0. The van der Waals surface area contributed by atoms with Crippen LogP contribution < -0.4 is 4.90 Å². The van der Waals surface area contributed by atoms with Crippen molar-refractivity contribution < 1.29 is 0 Å². The number of benzene rings is 1. The van der Waals surface area contributed by atoms with Crippen molar-refractivity contribution in [3.05, 3.63) is 79.2 Å². The highest BCUT2D eigenvalue weighted by molar-refractivity contribution is 5.59. The number of nitrogens with zero attached hydrogens (tertiary/aromatic N) is 1. The first-order chi connectivity index (χ1) is 8.20. The highest BCUT2D eigenvalue weighted by Gasteiger charge is 2.09. The van der Waals surface area contributed by atoms with E-state index in [2.05, 4.69) is 30.2 Å². The number of anilines is 1. The normalized spacial score (nSPS) is 11.5. The molecule has 0 bridgehead atoms. The zero-order chi connectivity index (χ0) is 12.7. The lowest BCUT2D eigenvalue weighted by Crippen LogP contribution is -2.18. The molecule has 0 aliphatic heterocycles. The summed E-state index contributed by atoms with van der Waals surface area (Å²) in [6, 6.07) is 10.2.